The van der Waals surface area contributed by atoms with Crippen molar-refractivity contribution < 1.29 is 4.79 Å². The van der Waals surface area contributed by atoms with Gasteiger partial charge in [0.25, 0.3) is 0 Å². The van der Waals surface area contributed by atoms with Gasteiger partial charge in [-0.2, -0.15) is 0 Å². The van der Waals surface area contributed by atoms with Crippen LogP contribution in [0.15, 0.2) is 48.8 Å². The maximum Gasteiger partial charge on any atom is 0.223 e. The van der Waals surface area contributed by atoms with E-state index in [0.29, 0.717) is 6.54 Å². The van der Waals surface area contributed by atoms with Gasteiger partial charge in [0.15, 0.2) is 0 Å². The summed E-state index contributed by atoms with van der Waals surface area (Å²) >= 11 is 0. The number of hydrogen-bond donors (Lipinski definition) is 2. The first-order valence-electron chi connectivity index (χ1n) is 8.31. The molecule has 0 saturated carbocycles. The minimum atomic E-state index is 0.121. The zero-order chi connectivity index (χ0) is 15.9. The topological polar surface area (TPSA) is 54.0 Å². The van der Waals surface area contributed by atoms with Gasteiger partial charge < -0.3 is 10.6 Å². The highest BCUT2D eigenvalue weighted by Crippen LogP contribution is 2.25. The Balaban J connectivity index is 1.37. The molecule has 1 aliphatic rings. The van der Waals surface area contributed by atoms with Crippen molar-refractivity contribution in [1.29, 1.82) is 0 Å². The summed E-state index contributed by atoms with van der Waals surface area (Å²) in [5, 5.41) is 6.37. The van der Waals surface area contributed by atoms with E-state index in [2.05, 4.69) is 39.9 Å². The number of amides is 1. The van der Waals surface area contributed by atoms with E-state index >= 15 is 0 Å². The van der Waals surface area contributed by atoms with Crippen molar-refractivity contribution >= 4 is 11.6 Å². The Morgan fingerprint density at radius 3 is 2.83 bits per heavy atom. The minimum Gasteiger partial charge on any atom is -0.384 e. The number of nitrogens with one attached hydrogen (secondary N) is 2. The lowest BCUT2D eigenvalue weighted by molar-refractivity contribution is -0.125. The van der Waals surface area contributed by atoms with E-state index in [1.54, 1.807) is 12.4 Å². The molecule has 0 fully saturated rings. The Bertz CT molecular complexity index is 642. The molecule has 2 N–H and O–H groups in total. The van der Waals surface area contributed by atoms with Crippen LogP contribution in [0, 0.1) is 5.92 Å². The molecule has 2 aromatic rings. The molecule has 3 rings (SSSR count). The Hall–Kier alpha value is -2.36. The number of anilines is 1. The number of benzene rings is 1. The van der Waals surface area contributed by atoms with E-state index in [9.17, 15) is 4.79 Å². The van der Waals surface area contributed by atoms with Gasteiger partial charge in [0.2, 0.25) is 5.91 Å². The van der Waals surface area contributed by atoms with Crippen molar-refractivity contribution in [1.82, 2.24) is 10.3 Å². The largest absolute Gasteiger partial charge is 0.384 e. The molecule has 4 heteroatoms. The van der Waals surface area contributed by atoms with Crippen molar-refractivity contribution in [2.75, 3.05) is 18.4 Å². The van der Waals surface area contributed by atoms with E-state index in [-0.39, 0.29) is 11.8 Å². The van der Waals surface area contributed by atoms with Crippen LogP contribution in [0.1, 0.15) is 24.0 Å². The Morgan fingerprint density at radius 2 is 2.00 bits per heavy atom. The fraction of sp³-hybridized carbons (Fsp3) is 0.368. The van der Waals surface area contributed by atoms with Gasteiger partial charge in [0, 0.05) is 31.4 Å². The van der Waals surface area contributed by atoms with Gasteiger partial charge >= 0.3 is 0 Å². The van der Waals surface area contributed by atoms with Crippen LogP contribution in [-0.2, 0) is 17.6 Å². The lowest BCUT2D eigenvalue weighted by Crippen LogP contribution is -2.35. The standard InChI is InChI=1S/C19H23N3O/c23-19(17-9-8-15-5-1-2-6-16(15)13-17)22-12-4-11-21-18-7-3-10-20-14-18/h1-3,5-7,10,14,17,21H,4,8-9,11-13H2,(H,22,23). The molecular formula is C19H23N3O. The molecule has 1 amide bonds. The molecule has 0 aliphatic heterocycles. The molecule has 1 heterocycles. The van der Waals surface area contributed by atoms with Gasteiger partial charge in [0.05, 0.1) is 5.69 Å². The molecule has 0 saturated heterocycles. The van der Waals surface area contributed by atoms with Crippen molar-refractivity contribution in [2.45, 2.75) is 25.7 Å². The van der Waals surface area contributed by atoms with Gasteiger partial charge in [-0.15, -0.1) is 0 Å². The van der Waals surface area contributed by atoms with Gasteiger partial charge in [-0.25, -0.2) is 0 Å². The second-order valence-electron chi connectivity index (χ2n) is 6.02. The molecule has 4 nitrogen and oxygen atoms in total. The smallest absolute Gasteiger partial charge is 0.223 e. The van der Waals surface area contributed by atoms with Crippen LogP contribution in [0.4, 0.5) is 5.69 Å². The van der Waals surface area contributed by atoms with Crippen molar-refractivity contribution in [3.05, 3.63) is 59.9 Å². The first-order valence-corrected chi connectivity index (χ1v) is 8.31. The van der Waals surface area contributed by atoms with Gasteiger partial charge in [-0.05, 0) is 48.9 Å². The third kappa shape index (κ3) is 4.31. The normalized spacial score (nSPS) is 16.4. The maximum absolute atomic E-state index is 12.3. The average Bonchev–Trinajstić information content (AvgIpc) is 2.61. The lowest BCUT2D eigenvalue weighted by Gasteiger charge is -2.23. The van der Waals surface area contributed by atoms with E-state index in [4.69, 9.17) is 0 Å². The summed E-state index contributed by atoms with van der Waals surface area (Å²) in [5.74, 6) is 0.317. The van der Waals surface area contributed by atoms with Crippen LogP contribution in [0.3, 0.4) is 0 Å². The number of nitrogens with zero attached hydrogens (tertiary/aromatic N) is 1. The maximum atomic E-state index is 12.3. The average molecular weight is 309 g/mol. The molecule has 23 heavy (non-hydrogen) atoms. The number of fused-ring (bicyclic) bond motifs is 1. The summed E-state index contributed by atoms with van der Waals surface area (Å²) in [7, 11) is 0. The molecule has 120 valence electrons. The number of carbonyl (C=O) groups is 1. The van der Waals surface area contributed by atoms with Gasteiger partial charge in [0.1, 0.15) is 0 Å². The van der Waals surface area contributed by atoms with E-state index in [0.717, 1.165) is 37.9 Å². The Labute approximate surface area is 137 Å². The van der Waals surface area contributed by atoms with Crippen LogP contribution in [0.2, 0.25) is 0 Å². The predicted molar refractivity (Wildman–Crippen MR) is 92.3 cm³/mol. The van der Waals surface area contributed by atoms with E-state index < -0.39 is 0 Å². The molecule has 1 atom stereocenters. The number of aryl methyl sites for hydroxylation is 1. The number of hydrogen-bond acceptors (Lipinski definition) is 3. The Kier molecular flexibility index (Phi) is 5.25. The van der Waals surface area contributed by atoms with Crippen LogP contribution < -0.4 is 10.6 Å². The molecule has 1 aromatic carbocycles. The minimum absolute atomic E-state index is 0.121. The lowest BCUT2D eigenvalue weighted by atomic mass is 9.83. The molecule has 0 radical (unpaired) electrons. The van der Waals surface area contributed by atoms with Gasteiger partial charge in [-0.1, -0.05) is 24.3 Å². The summed E-state index contributed by atoms with van der Waals surface area (Å²) in [5.41, 5.74) is 3.75. The van der Waals surface area contributed by atoms with Crippen LogP contribution >= 0.6 is 0 Å². The second-order valence-corrected chi connectivity index (χ2v) is 6.02. The highest BCUT2D eigenvalue weighted by atomic mass is 16.1. The number of aromatic nitrogens is 1. The quantitative estimate of drug-likeness (QED) is 0.807. The number of rotatable bonds is 6. The summed E-state index contributed by atoms with van der Waals surface area (Å²) < 4.78 is 0. The zero-order valence-electron chi connectivity index (χ0n) is 13.3. The van der Waals surface area contributed by atoms with E-state index in [1.807, 2.05) is 12.1 Å². The van der Waals surface area contributed by atoms with Gasteiger partial charge in [-0.3, -0.25) is 9.78 Å². The summed E-state index contributed by atoms with van der Waals surface area (Å²) in [6.45, 7) is 1.55. The van der Waals surface area contributed by atoms with Crippen molar-refractivity contribution in [3.63, 3.8) is 0 Å². The fourth-order valence-corrected chi connectivity index (χ4v) is 3.07. The van der Waals surface area contributed by atoms with Crippen LogP contribution in [0.5, 0.6) is 0 Å². The van der Waals surface area contributed by atoms with Crippen LogP contribution in [0.25, 0.3) is 0 Å². The third-order valence-corrected chi connectivity index (χ3v) is 4.36. The summed E-state index contributed by atoms with van der Waals surface area (Å²) in [6.07, 6.45) is 7.30. The highest BCUT2D eigenvalue weighted by molar-refractivity contribution is 5.79. The molecule has 1 aliphatic carbocycles. The first-order chi connectivity index (χ1) is 11.3. The highest BCUT2D eigenvalue weighted by Gasteiger charge is 2.23. The third-order valence-electron chi connectivity index (χ3n) is 4.36. The predicted octanol–water partition coefficient (Wildman–Crippen LogP) is 2.80. The van der Waals surface area contributed by atoms with E-state index in [1.165, 1.54) is 11.1 Å². The molecule has 0 bridgehead atoms. The second kappa shape index (κ2) is 7.77. The fourth-order valence-electron chi connectivity index (χ4n) is 3.07. The monoisotopic (exact) mass is 309 g/mol. The number of carbonyl (C=O) groups excluding carboxylic acids is 1. The first kappa shape index (κ1) is 15.5. The zero-order valence-corrected chi connectivity index (χ0v) is 13.3. The molecule has 1 aromatic heterocycles. The molecule has 1 unspecified atom stereocenters. The van der Waals surface area contributed by atoms with Crippen molar-refractivity contribution in [2.24, 2.45) is 5.92 Å². The SMILES string of the molecule is O=C(NCCCNc1cccnc1)C1CCc2ccccc2C1. The molecular weight excluding hydrogens is 286 g/mol. The van der Waals surface area contributed by atoms with Crippen LogP contribution in [-0.4, -0.2) is 24.0 Å². The Morgan fingerprint density at radius 1 is 1.13 bits per heavy atom. The number of pyridine rings is 1. The summed E-state index contributed by atoms with van der Waals surface area (Å²) in [6, 6.07) is 12.4. The summed E-state index contributed by atoms with van der Waals surface area (Å²) in [4.78, 5) is 16.4. The molecule has 0 spiro atoms. The van der Waals surface area contributed by atoms with Crippen molar-refractivity contribution in [3.8, 4) is 0 Å².